The Morgan fingerprint density at radius 2 is 1.68 bits per heavy atom. The van der Waals surface area contributed by atoms with Gasteiger partial charge >= 0.3 is 0 Å². The van der Waals surface area contributed by atoms with Crippen LogP contribution >= 0.6 is 27.3 Å². The first-order valence-electron chi connectivity index (χ1n) is 6.31. The van der Waals surface area contributed by atoms with Gasteiger partial charge in [-0.1, -0.05) is 27.3 Å². The Labute approximate surface area is 140 Å². The molecule has 0 atom stereocenters. The lowest BCUT2D eigenvalue weighted by Gasteiger charge is -1.92. The molecule has 0 saturated heterocycles. The van der Waals surface area contributed by atoms with Crippen LogP contribution in [-0.2, 0) is 0 Å². The number of alkyl halides is 1. The number of aromatic nitrogens is 3. The van der Waals surface area contributed by atoms with Crippen molar-refractivity contribution in [2.24, 2.45) is 0 Å². The Morgan fingerprint density at radius 1 is 1.09 bits per heavy atom. The van der Waals surface area contributed by atoms with Crippen LogP contribution in [0.3, 0.4) is 0 Å². The highest BCUT2D eigenvalue weighted by molar-refractivity contribution is 9.09. The van der Waals surface area contributed by atoms with E-state index in [9.17, 15) is 4.79 Å². The number of Topliss-reactive ketones (excluding diaryl/α,β-unsaturated/α-hetero) is 1. The quantitative estimate of drug-likeness (QED) is 0.559. The zero-order chi connectivity index (χ0) is 15.8. The van der Waals surface area contributed by atoms with Crippen molar-refractivity contribution in [3.63, 3.8) is 0 Å². The van der Waals surface area contributed by atoms with Crippen molar-refractivity contribution in [3.05, 3.63) is 60.8 Å². The van der Waals surface area contributed by atoms with E-state index >= 15 is 0 Å². The van der Waals surface area contributed by atoms with E-state index in [0.717, 1.165) is 10.4 Å². The third kappa shape index (κ3) is 4.71. The molecule has 3 aromatic heterocycles. The number of hydrogen-bond donors (Lipinski definition) is 1. The van der Waals surface area contributed by atoms with Crippen molar-refractivity contribution in [1.29, 1.82) is 0 Å². The van der Waals surface area contributed by atoms with E-state index in [0.29, 0.717) is 16.0 Å². The summed E-state index contributed by atoms with van der Waals surface area (Å²) in [6.07, 6.45) is 8.50. The first kappa shape index (κ1) is 16.3. The predicted octanol–water partition coefficient (Wildman–Crippen LogP) is 3.45. The minimum absolute atomic E-state index is 0.0856. The summed E-state index contributed by atoms with van der Waals surface area (Å²) in [4.78, 5) is 23.7. The summed E-state index contributed by atoms with van der Waals surface area (Å²) in [6, 6.07) is 7.27. The van der Waals surface area contributed by atoms with Crippen LogP contribution in [0.4, 0.5) is 5.13 Å². The van der Waals surface area contributed by atoms with Crippen molar-refractivity contribution in [3.8, 4) is 10.4 Å². The summed E-state index contributed by atoms with van der Waals surface area (Å²) >= 11 is 4.56. The van der Waals surface area contributed by atoms with Crippen molar-refractivity contribution < 1.29 is 4.79 Å². The van der Waals surface area contributed by atoms with Gasteiger partial charge < -0.3 is 5.73 Å². The fourth-order valence-corrected chi connectivity index (χ4v) is 2.57. The lowest BCUT2D eigenvalue weighted by Crippen LogP contribution is -1.98. The van der Waals surface area contributed by atoms with E-state index in [1.807, 2.05) is 12.1 Å². The van der Waals surface area contributed by atoms with Crippen molar-refractivity contribution in [1.82, 2.24) is 15.0 Å². The van der Waals surface area contributed by atoms with Crippen LogP contribution in [0.1, 0.15) is 10.4 Å². The highest BCUT2D eigenvalue weighted by Gasteiger charge is 2.00. The number of carbonyl (C=O) groups excluding carboxylic acids is 1. The highest BCUT2D eigenvalue weighted by Crippen LogP contribution is 2.26. The Morgan fingerprint density at radius 3 is 2.18 bits per heavy atom. The number of anilines is 1. The highest BCUT2D eigenvalue weighted by atomic mass is 79.9. The maximum atomic E-state index is 10.9. The van der Waals surface area contributed by atoms with Crippen molar-refractivity contribution in [2.45, 2.75) is 0 Å². The minimum atomic E-state index is 0.0856. The van der Waals surface area contributed by atoms with E-state index in [1.165, 1.54) is 11.3 Å². The number of ketones is 1. The predicted molar refractivity (Wildman–Crippen MR) is 92.1 cm³/mol. The summed E-state index contributed by atoms with van der Waals surface area (Å²) in [5, 5.41) is 0.971. The minimum Gasteiger partial charge on any atom is -0.375 e. The Balaban J connectivity index is 0.000000164. The topological polar surface area (TPSA) is 81.8 Å². The molecule has 0 unspecified atom stereocenters. The molecular weight excluding hydrogens is 364 g/mol. The number of halogens is 1. The Kier molecular flexibility index (Phi) is 6.17. The van der Waals surface area contributed by atoms with Crippen LogP contribution in [0.15, 0.2) is 55.2 Å². The van der Waals surface area contributed by atoms with E-state index in [4.69, 9.17) is 5.73 Å². The molecule has 0 saturated carbocycles. The zero-order valence-electron chi connectivity index (χ0n) is 11.5. The molecule has 0 amide bonds. The third-order valence-electron chi connectivity index (χ3n) is 2.61. The molecule has 2 N–H and O–H groups in total. The largest absolute Gasteiger partial charge is 0.375 e. The SMILES string of the molecule is Nc1ncc(-c2ccncc2)s1.O=C(CBr)c1ccncc1. The fourth-order valence-electron chi connectivity index (χ4n) is 1.55. The van der Waals surface area contributed by atoms with Gasteiger partial charge in [-0.05, 0) is 29.8 Å². The summed E-state index contributed by atoms with van der Waals surface area (Å²) in [5.41, 5.74) is 7.32. The number of nitrogens with zero attached hydrogens (tertiary/aromatic N) is 3. The van der Waals surface area contributed by atoms with E-state index in [1.54, 1.807) is 43.1 Å². The van der Waals surface area contributed by atoms with Crippen LogP contribution in [0.2, 0.25) is 0 Å². The summed E-state index contributed by atoms with van der Waals surface area (Å²) in [5.74, 6) is 0.0856. The van der Waals surface area contributed by atoms with Crippen LogP contribution in [-0.4, -0.2) is 26.1 Å². The van der Waals surface area contributed by atoms with E-state index in [2.05, 4.69) is 30.9 Å². The third-order valence-corrected chi connectivity index (χ3v) is 4.00. The number of rotatable bonds is 3. The van der Waals surface area contributed by atoms with E-state index in [-0.39, 0.29) is 5.78 Å². The average Bonchev–Trinajstić information content (AvgIpc) is 3.03. The molecule has 3 rings (SSSR count). The number of nitrogens with two attached hydrogens (primary N) is 1. The van der Waals surface area contributed by atoms with Gasteiger partial charge in [0.15, 0.2) is 10.9 Å². The first-order chi connectivity index (χ1) is 10.7. The van der Waals surface area contributed by atoms with Gasteiger partial charge in [0.2, 0.25) is 0 Å². The summed E-state index contributed by atoms with van der Waals surface area (Å²) in [6.45, 7) is 0. The monoisotopic (exact) mass is 376 g/mol. The molecule has 0 aliphatic carbocycles. The van der Waals surface area contributed by atoms with Gasteiger partial charge in [0.1, 0.15) is 0 Å². The number of thiazole rings is 1. The molecule has 7 heteroatoms. The van der Waals surface area contributed by atoms with Gasteiger partial charge in [-0.25, -0.2) is 4.98 Å². The van der Waals surface area contributed by atoms with Gasteiger partial charge in [0, 0.05) is 36.5 Å². The summed E-state index contributed by atoms with van der Waals surface area (Å²) < 4.78 is 0. The zero-order valence-corrected chi connectivity index (χ0v) is 13.9. The number of carbonyl (C=O) groups is 1. The molecular formula is C15H13BrN4OS. The van der Waals surface area contributed by atoms with E-state index < -0.39 is 0 Å². The van der Waals surface area contributed by atoms with Gasteiger partial charge in [-0.2, -0.15) is 0 Å². The molecule has 0 aromatic carbocycles. The van der Waals surface area contributed by atoms with Crippen molar-refractivity contribution in [2.75, 3.05) is 11.1 Å². The lowest BCUT2D eigenvalue weighted by molar-refractivity contribution is 0.102. The Bertz CT molecular complexity index is 719. The van der Waals surface area contributed by atoms with Crippen LogP contribution < -0.4 is 5.73 Å². The van der Waals surface area contributed by atoms with Crippen LogP contribution in [0.25, 0.3) is 10.4 Å². The van der Waals surface area contributed by atoms with Gasteiger partial charge in [-0.3, -0.25) is 14.8 Å². The molecule has 112 valence electrons. The lowest BCUT2D eigenvalue weighted by atomic mass is 10.2. The normalized spacial score (nSPS) is 9.68. The molecule has 22 heavy (non-hydrogen) atoms. The summed E-state index contributed by atoms with van der Waals surface area (Å²) in [7, 11) is 0. The molecule has 0 fully saturated rings. The molecule has 3 heterocycles. The number of hydrogen-bond acceptors (Lipinski definition) is 6. The molecule has 0 aliphatic rings. The first-order valence-corrected chi connectivity index (χ1v) is 8.25. The van der Waals surface area contributed by atoms with Crippen LogP contribution in [0, 0.1) is 0 Å². The molecule has 0 radical (unpaired) electrons. The molecule has 0 spiro atoms. The van der Waals surface area contributed by atoms with Gasteiger partial charge in [0.05, 0.1) is 10.2 Å². The molecule has 5 nitrogen and oxygen atoms in total. The number of nitrogen functional groups attached to an aromatic ring is 1. The Hall–Kier alpha value is -2.12. The van der Waals surface area contributed by atoms with Crippen LogP contribution in [0.5, 0.6) is 0 Å². The van der Waals surface area contributed by atoms with Crippen molar-refractivity contribution >= 4 is 38.2 Å². The molecule has 0 aliphatic heterocycles. The smallest absolute Gasteiger partial charge is 0.180 e. The average molecular weight is 377 g/mol. The molecule has 0 bridgehead atoms. The second-order valence-corrected chi connectivity index (χ2v) is 5.71. The maximum absolute atomic E-state index is 10.9. The second kappa shape index (κ2) is 8.35. The van der Waals surface area contributed by atoms with Gasteiger partial charge in [0.25, 0.3) is 0 Å². The van der Waals surface area contributed by atoms with Gasteiger partial charge in [-0.15, -0.1) is 0 Å². The molecule has 3 aromatic rings. The number of pyridine rings is 2. The second-order valence-electron chi connectivity index (χ2n) is 4.09. The standard InChI is InChI=1S/C8H7N3S.C7H6BrNO/c9-8-11-5-7(12-8)6-1-3-10-4-2-6;8-5-7(10)6-1-3-9-4-2-6/h1-5H,(H2,9,11);1-4H,5H2. The maximum Gasteiger partial charge on any atom is 0.180 e. The fraction of sp³-hybridized carbons (Fsp3) is 0.0667.